The van der Waals surface area contributed by atoms with E-state index in [1.807, 2.05) is 31.3 Å². The van der Waals surface area contributed by atoms with E-state index in [0.29, 0.717) is 0 Å². The first-order chi connectivity index (χ1) is 8.85. The fraction of sp³-hybridized carbons (Fsp3) is 0.533. The molecule has 0 radical (unpaired) electrons. The first-order valence-electron chi connectivity index (χ1n) is 6.47. The standard InChI is InChI=1S/C15H26N4/c1-7-9-13(10-8-2)19-14(17-11-16)18-12(3)15(4,5)6/h7-10,12,14,17-19H,1H2,2-6H3/b10-8-,13-9+. The van der Waals surface area contributed by atoms with Gasteiger partial charge in [-0.3, -0.25) is 10.6 Å². The summed E-state index contributed by atoms with van der Waals surface area (Å²) in [5.41, 5.74) is 0.999. The number of hydrogen-bond acceptors (Lipinski definition) is 4. The molecule has 0 saturated heterocycles. The lowest BCUT2D eigenvalue weighted by molar-refractivity contribution is 0.244. The Morgan fingerprint density at radius 1 is 1.37 bits per heavy atom. The van der Waals surface area contributed by atoms with Crippen LogP contribution in [0.15, 0.2) is 36.6 Å². The van der Waals surface area contributed by atoms with Crippen LogP contribution in [0.5, 0.6) is 0 Å². The lowest BCUT2D eigenvalue weighted by Gasteiger charge is -2.32. The summed E-state index contributed by atoms with van der Waals surface area (Å²) in [5.74, 6) is 0. The number of nitrogens with zero attached hydrogens (tertiary/aromatic N) is 1. The van der Waals surface area contributed by atoms with Crippen molar-refractivity contribution in [3.8, 4) is 6.19 Å². The second-order valence-electron chi connectivity index (χ2n) is 5.45. The summed E-state index contributed by atoms with van der Waals surface area (Å²) in [6, 6.07) is 0.237. The average molecular weight is 262 g/mol. The normalized spacial score (nSPS) is 15.7. The van der Waals surface area contributed by atoms with Crippen molar-refractivity contribution in [3.63, 3.8) is 0 Å². The van der Waals surface area contributed by atoms with Gasteiger partial charge in [-0.2, -0.15) is 5.26 Å². The van der Waals surface area contributed by atoms with Gasteiger partial charge in [-0.1, -0.05) is 39.5 Å². The summed E-state index contributed by atoms with van der Waals surface area (Å²) in [4.78, 5) is 0. The molecule has 0 heterocycles. The van der Waals surface area contributed by atoms with Gasteiger partial charge in [0.05, 0.1) is 0 Å². The van der Waals surface area contributed by atoms with Gasteiger partial charge in [0, 0.05) is 11.7 Å². The molecule has 0 fully saturated rings. The molecule has 0 bridgehead atoms. The predicted molar refractivity (Wildman–Crippen MR) is 80.8 cm³/mol. The molecule has 4 nitrogen and oxygen atoms in total. The van der Waals surface area contributed by atoms with Crippen LogP contribution >= 0.6 is 0 Å². The maximum Gasteiger partial charge on any atom is 0.179 e. The summed E-state index contributed by atoms with van der Waals surface area (Å²) in [6.07, 6.45) is 9.07. The van der Waals surface area contributed by atoms with Crippen LogP contribution in [0.1, 0.15) is 34.6 Å². The molecule has 0 spiro atoms. The molecule has 2 unspecified atom stereocenters. The fourth-order valence-corrected chi connectivity index (χ4v) is 1.31. The van der Waals surface area contributed by atoms with Gasteiger partial charge >= 0.3 is 0 Å². The molecular formula is C15H26N4. The Morgan fingerprint density at radius 3 is 2.42 bits per heavy atom. The van der Waals surface area contributed by atoms with Gasteiger partial charge in [-0.05, 0) is 31.4 Å². The third kappa shape index (κ3) is 7.32. The minimum atomic E-state index is -0.318. The maximum absolute atomic E-state index is 8.83. The number of rotatable bonds is 7. The van der Waals surface area contributed by atoms with Gasteiger partial charge in [0.15, 0.2) is 12.5 Å². The van der Waals surface area contributed by atoms with Crippen molar-refractivity contribution in [2.24, 2.45) is 5.41 Å². The van der Waals surface area contributed by atoms with E-state index in [4.69, 9.17) is 5.26 Å². The Balaban J connectivity index is 4.78. The van der Waals surface area contributed by atoms with Crippen molar-refractivity contribution in [1.29, 1.82) is 5.26 Å². The van der Waals surface area contributed by atoms with Crippen LogP contribution < -0.4 is 16.0 Å². The summed E-state index contributed by atoms with van der Waals surface area (Å²) < 4.78 is 0. The molecule has 0 aliphatic heterocycles. The van der Waals surface area contributed by atoms with Crippen molar-refractivity contribution in [2.75, 3.05) is 0 Å². The Hall–Kier alpha value is -1.73. The molecule has 106 valence electrons. The Labute approximate surface area is 117 Å². The lowest BCUT2D eigenvalue weighted by Crippen LogP contribution is -2.56. The van der Waals surface area contributed by atoms with E-state index in [1.165, 1.54) is 0 Å². The van der Waals surface area contributed by atoms with Gasteiger partial charge < -0.3 is 5.32 Å². The first kappa shape index (κ1) is 17.3. The Kier molecular flexibility index (Phi) is 7.62. The van der Waals surface area contributed by atoms with E-state index >= 15 is 0 Å². The van der Waals surface area contributed by atoms with Crippen LogP contribution in [0.25, 0.3) is 0 Å². The van der Waals surface area contributed by atoms with Gasteiger partial charge in [0.2, 0.25) is 0 Å². The maximum atomic E-state index is 8.83. The highest BCUT2D eigenvalue weighted by atomic mass is 15.3. The highest BCUT2D eigenvalue weighted by molar-refractivity contribution is 5.21. The molecule has 0 aliphatic carbocycles. The quantitative estimate of drug-likeness (QED) is 0.286. The molecule has 0 amide bonds. The van der Waals surface area contributed by atoms with Crippen molar-refractivity contribution >= 4 is 0 Å². The van der Waals surface area contributed by atoms with Gasteiger partial charge in [-0.25, -0.2) is 0 Å². The molecule has 0 rings (SSSR count). The Morgan fingerprint density at radius 2 is 2.00 bits per heavy atom. The molecule has 0 saturated carbocycles. The monoisotopic (exact) mass is 262 g/mol. The fourth-order valence-electron chi connectivity index (χ4n) is 1.31. The third-order valence-electron chi connectivity index (χ3n) is 2.88. The molecule has 0 aromatic heterocycles. The number of allylic oxidation sites excluding steroid dienone is 4. The molecular weight excluding hydrogens is 236 g/mol. The predicted octanol–water partition coefficient (Wildman–Crippen LogP) is 2.60. The zero-order chi connectivity index (χ0) is 14.9. The molecule has 0 aromatic rings. The van der Waals surface area contributed by atoms with Crippen molar-refractivity contribution in [3.05, 3.63) is 36.6 Å². The van der Waals surface area contributed by atoms with Crippen LogP contribution in [0.2, 0.25) is 0 Å². The van der Waals surface area contributed by atoms with E-state index in [2.05, 4.69) is 50.2 Å². The molecule has 3 N–H and O–H groups in total. The van der Waals surface area contributed by atoms with E-state index < -0.39 is 0 Å². The molecule has 0 aliphatic rings. The highest BCUT2D eigenvalue weighted by Gasteiger charge is 2.22. The number of nitriles is 1. The minimum Gasteiger partial charge on any atom is -0.353 e. The molecule has 19 heavy (non-hydrogen) atoms. The zero-order valence-corrected chi connectivity index (χ0v) is 12.6. The van der Waals surface area contributed by atoms with Gasteiger partial charge in [0.25, 0.3) is 0 Å². The second kappa shape index (κ2) is 8.39. The van der Waals surface area contributed by atoms with Crippen LogP contribution in [0.3, 0.4) is 0 Å². The van der Waals surface area contributed by atoms with Crippen LogP contribution in [0, 0.1) is 16.9 Å². The Bertz CT molecular complexity index is 369. The molecule has 0 aromatic carbocycles. The van der Waals surface area contributed by atoms with E-state index in [-0.39, 0.29) is 17.7 Å². The lowest BCUT2D eigenvalue weighted by atomic mass is 9.88. The second-order valence-corrected chi connectivity index (χ2v) is 5.45. The summed E-state index contributed by atoms with van der Waals surface area (Å²) in [5, 5.41) is 18.1. The summed E-state index contributed by atoms with van der Waals surface area (Å²) in [7, 11) is 0. The molecule has 4 heteroatoms. The van der Waals surface area contributed by atoms with Crippen LogP contribution in [-0.4, -0.2) is 12.3 Å². The van der Waals surface area contributed by atoms with Crippen molar-refractivity contribution in [2.45, 2.75) is 47.0 Å². The third-order valence-corrected chi connectivity index (χ3v) is 2.88. The topological polar surface area (TPSA) is 59.9 Å². The smallest absolute Gasteiger partial charge is 0.179 e. The van der Waals surface area contributed by atoms with Crippen LogP contribution in [-0.2, 0) is 0 Å². The highest BCUT2D eigenvalue weighted by Crippen LogP contribution is 2.18. The van der Waals surface area contributed by atoms with E-state index in [0.717, 1.165) is 5.70 Å². The number of nitrogens with one attached hydrogen (secondary N) is 3. The largest absolute Gasteiger partial charge is 0.353 e. The summed E-state index contributed by atoms with van der Waals surface area (Å²) >= 11 is 0. The minimum absolute atomic E-state index is 0.111. The van der Waals surface area contributed by atoms with Crippen molar-refractivity contribution < 1.29 is 0 Å². The first-order valence-corrected chi connectivity index (χ1v) is 6.47. The van der Waals surface area contributed by atoms with Gasteiger partial charge in [-0.15, -0.1) is 0 Å². The van der Waals surface area contributed by atoms with Crippen molar-refractivity contribution in [1.82, 2.24) is 16.0 Å². The van der Waals surface area contributed by atoms with E-state index in [1.54, 1.807) is 6.08 Å². The zero-order valence-electron chi connectivity index (χ0n) is 12.6. The van der Waals surface area contributed by atoms with E-state index in [9.17, 15) is 0 Å². The van der Waals surface area contributed by atoms with Gasteiger partial charge in [0.1, 0.15) is 0 Å². The number of hydrogen-bond donors (Lipinski definition) is 3. The molecule has 2 atom stereocenters. The average Bonchev–Trinajstić information content (AvgIpc) is 2.28. The SMILES string of the molecule is C=C/C=C(\C=C/C)NC(NC#N)NC(C)C(C)(C)C. The summed E-state index contributed by atoms with van der Waals surface area (Å²) in [6.45, 7) is 14.2. The van der Waals surface area contributed by atoms with Crippen LogP contribution in [0.4, 0.5) is 0 Å².